The molecule has 20 heavy (non-hydrogen) atoms. The van der Waals surface area contributed by atoms with E-state index in [4.69, 9.17) is 0 Å². The Hall–Kier alpha value is -2.25. The molecule has 0 aromatic carbocycles. The summed E-state index contributed by atoms with van der Waals surface area (Å²) in [5.74, 6) is -1.59. The maximum Gasteiger partial charge on any atom is 0.268 e. The molecule has 2 rings (SSSR count). The third-order valence-electron chi connectivity index (χ3n) is 2.94. The van der Waals surface area contributed by atoms with Gasteiger partial charge in [0, 0.05) is 12.6 Å². The number of alkyl halides is 2. The van der Waals surface area contributed by atoms with Gasteiger partial charge in [-0.05, 0) is 18.6 Å². The number of piperidine rings is 1. The second kappa shape index (κ2) is 5.81. The van der Waals surface area contributed by atoms with Gasteiger partial charge in [0.2, 0.25) is 11.8 Å². The van der Waals surface area contributed by atoms with Gasteiger partial charge in [-0.1, -0.05) is 0 Å². The van der Waals surface area contributed by atoms with E-state index in [1.54, 1.807) is 0 Å². The van der Waals surface area contributed by atoms with Gasteiger partial charge < -0.3 is 9.88 Å². The quantitative estimate of drug-likeness (QED) is 0.780. The molecular formula is C12H13F2N3O3. The second-order valence-corrected chi connectivity index (χ2v) is 4.41. The number of hydrogen-bond acceptors (Lipinski definition) is 3. The Bertz CT molecular complexity index is 542. The van der Waals surface area contributed by atoms with Gasteiger partial charge in [-0.15, -0.1) is 0 Å². The fourth-order valence-electron chi connectivity index (χ4n) is 1.99. The molecule has 3 amide bonds. The van der Waals surface area contributed by atoms with Crippen molar-refractivity contribution >= 4 is 17.7 Å². The predicted octanol–water partition coefficient (Wildman–Crippen LogP) is 0.288. The lowest BCUT2D eigenvalue weighted by Crippen LogP contribution is -2.52. The van der Waals surface area contributed by atoms with E-state index in [0.29, 0.717) is 0 Å². The lowest BCUT2D eigenvalue weighted by atomic mass is 10.1. The molecular weight excluding hydrogens is 272 g/mol. The third-order valence-corrected chi connectivity index (χ3v) is 2.94. The van der Waals surface area contributed by atoms with Gasteiger partial charge in [0.05, 0.1) is 6.54 Å². The number of nitrogens with zero attached hydrogens (tertiary/aromatic N) is 1. The van der Waals surface area contributed by atoms with E-state index in [9.17, 15) is 23.2 Å². The monoisotopic (exact) mass is 285 g/mol. The van der Waals surface area contributed by atoms with Crippen molar-refractivity contribution in [2.75, 3.05) is 0 Å². The zero-order valence-corrected chi connectivity index (χ0v) is 10.4. The zero-order valence-electron chi connectivity index (χ0n) is 10.4. The van der Waals surface area contributed by atoms with Crippen LogP contribution < -0.4 is 10.6 Å². The van der Waals surface area contributed by atoms with Gasteiger partial charge in [0.1, 0.15) is 11.7 Å². The van der Waals surface area contributed by atoms with Crippen LogP contribution in [0.1, 0.15) is 23.3 Å². The number of rotatable bonds is 4. The van der Waals surface area contributed by atoms with Crippen LogP contribution in [0, 0.1) is 0 Å². The molecule has 6 nitrogen and oxygen atoms in total. The van der Waals surface area contributed by atoms with Gasteiger partial charge in [-0.25, -0.2) is 8.78 Å². The van der Waals surface area contributed by atoms with Gasteiger partial charge in [0.15, 0.2) is 0 Å². The van der Waals surface area contributed by atoms with Gasteiger partial charge in [-0.2, -0.15) is 0 Å². The first kappa shape index (κ1) is 14.2. The summed E-state index contributed by atoms with van der Waals surface area (Å²) in [6.07, 6.45) is -0.878. The van der Waals surface area contributed by atoms with E-state index in [2.05, 4.69) is 10.6 Å². The summed E-state index contributed by atoms with van der Waals surface area (Å²) in [4.78, 5) is 34.4. The molecule has 108 valence electrons. The summed E-state index contributed by atoms with van der Waals surface area (Å²) in [7, 11) is 0. The first-order valence-electron chi connectivity index (χ1n) is 6.05. The minimum Gasteiger partial charge on any atom is -0.339 e. The van der Waals surface area contributed by atoms with Crippen LogP contribution in [0.15, 0.2) is 18.3 Å². The van der Waals surface area contributed by atoms with Gasteiger partial charge in [-0.3, -0.25) is 19.7 Å². The lowest BCUT2D eigenvalue weighted by Gasteiger charge is -2.22. The third kappa shape index (κ3) is 3.19. The average molecular weight is 285 g/mol. The molecule has 1 aliphatic heterocycles. The maximum atomic E-state index is 12.4. The fraction of sp³-hybridized carbons (Fsp3) is 0.417. The number of amides is 3. The molecule has 0 saturated carbocycles. The molecule has 1 aliphatic rings. The number of carbonyl (C=O) groups is 3. The largest absolute Gasteiger partial charge is 0.339 e. The molecule has 1 aromatic heterocycles. The Labute approximate surface area is 113 Å². The standard InChI is InChI=1S/C12H13F2N3O3/c13-9(14)6-17-5-1-2-8(17)12(20)15-7-3-4-10(18)16-11(7)19/h1-2,5,7,9H,3-4,6H2,(H,15,20)(H,16,18,19). The van der Waals surface area contributed by atoms with Crippen LogP contribution in [0.25, 0.3) is 0 Å². The zero-order chi connectivity index (χ0) is 14.7. The van der Waals surface area contributed by atoms with E-state index in [0.717, 1.165) is 4.57 Å². The normalized spacial score (nSPS) is 19.1. The lowest BCUT2D eigenvalue weighted by molar-refractivity contribution is -0.134. The highest BCUT2D eigenvalue weighted by Gasteiger charge is 2.28. The van der Waals surface area contributed by atoms with Crippen molar-refractivity contribution in [2.24, 2.45) is 0 Å². The summed E-state index contributed by atoms with van der Waals surface area (Å²) in [5.41, 5.74) is 0.0509. The molecule has 1 fully saturated rings. The topological polar surface area (TPSA) is 80.2 Å². The predicted molar refractivity (Wildman–Crippen MR) is 64.1 cm³/mol. The molecule has 1 aromatic rings. The van der Waals surface area contributed by atoms with Crippen LogP contribution in [0.2, 0.25) is 0 Å². The Kier molecular flexibility index (Phi) is 4.11. The summed E-state index contributed by atoms with van der Waals surface area (Å²) >= 11 is 0. The van der Waals surface area contributed by atoms with Crippen LogP contribution >= 0.6 is 0 Å². The van der Waals surface area contributed by atoms with E-state index in [1.807, 2.05) is 0 Å². The number of imide groups is 1. The van der Waals surface area contributed by atoms with Gasteiger partial charge >= 0.3 is 0 Å². The Morgan fingerprint density at radius 2 is 2.25 bits per heavy atom. The van der Waals surface area contributed by atoms with Crippen molar-refractivity contribution in [3.05, 3.63) is 24.0 Å². The molecule has 0 aliphatic carbocycles. The van der Waals surface area contributed by atoms with Crippen LogP contribution in [0.3, 0.4) is 0 Å². The summed E-state index contributed by atoms with van der Waals surface area (Å²) in [6.45, 7) is -0.592. The van der Waals surface area contributed by atoms with Gasteiger partial charge in [0.25, 0.3) is 12.3 Å². The highest BCUT2D eigenvalue weighted by molar-refractivity contribution is 6.03. The van der Waals surface area contributed by atoms with Crippen LogP contribution in [0.5, 0.6) is 0 Å². The number of hydrogen-bond donors (Lipinski definition) is 2. The van der Waals surface area contributed by atoms with Crippen LogP contribution in [-0.2, 0) is 16.1 Å². The van der Waals surface area contributed by atoms with E-state index < -0.39 is 30.8 Å². The van der Waals surface area contributed by atoms with Crippen LogP contribution in [-0.4, -0.2) is 34.8 Å². The average Bonchev–Trinajstić information content (AvgIpc) is 2.80. The number of aromatic nitrogens is 1. The smallest absolute Gasteiger partial charge is 0.268 e. The van der Waals surface area contributed by atoms with Crippen molar-refractivity contribution in [3.63, 3.8) is 0 Å². The molecule has 8 heteroatoms. The van der Waals surface area contributed by atoms with E-state index in [-0.39, 0.29) is 24.4 Å². The highest BCUT2D eigenvalue weighted by Crippen LogP contribution is 2.09. The summed E-state index contributed by atoms with van der Waals surface area (Å²) < 4.78 is 25.8. The molecule has 1 saturated heterocycles. The Morgan fingerprint density at radius 1 is 1.50 bits per heavy atom. The first-order valence-corrected chi connectivity index (χ1v) is 6.05. The molecule has 1 unspecified atom stereocenters. The summed E-state index contributed by atoms with van der Waals surface area (Å²) in [5, 5.41) is 4.54. The first-order chi connectivity index (χ1) is 9.47. The summed E-state index contributed by atoms with van der Waals surface area (Å²) in [6, 6.07) is 2.04. The molecule has 2 N–H and O–H groups in total. The molecule has 0 bridgehead atoms. The molecule has 0 spiro atoms. The minimum absolute atomic E-state index is 0.0509. The second-order valence-electron chi connectivity index (χ2n) is 4.41. The molecule has 2 heterocycles. The van der Waals surface area contributed by atoms with E-state index >= 15 is 0 Å². The Balaban J connectivity index is 2.03. The minimum atomic E-state index is -2.58. The fourth-order valence-corrected chi connectivity index (χ4v) is 1.99. The number of nitrogens with one attached hydrogen (secondary N) is 2. The number of halogens is 2. The van der Waals surface area contributed by atoms with Crippen molar-refractivity contribution in [1.82, 2.24) is 15.2 Å². The maximum absolute atomic E-state index is 12.4. The molecule has 1 atom stereocenters. The van der Waals surface area contributed by atoms with Crippen molar-refractivity contribution in [3.8, 4) is 0 Å². The van der Waals surface area contributed by atoms with Crippen molar-refractivity contribution in [2.45, 2.75) is 31.9 Å². The van der Waals surface area contributed by atoms with Crippen molar-refractivity contribution in [1.29, 1.82) is 0 Å². The highest BCUT2D eigenvalue weighted by atomic mass is 19.3. The molecule has 0 radical (unpaired) electrons. The van der Waals surface area contributed by atoms with Crippen LogP contribution in [0.4, 0.5) is 8.78 Å². The van der Waals surface area contributed by atoms with E-state index in [1.165, 1.54) is 18.3 Å². The number of carbonyl (C=O) groups excluding carboxylic acids is 3. The van der Waals surface area contributed by atoms with Crippen molar-refractivity contribution < 1.29 is 23.2 Å². The Morgan fingerprint density at radius 3 is 2.90 bits per heavy atom. The SMILES string of the molecule is O=C1CCC(NC(=O)c2cccn2CC(F)F)C(=O)N1.